The summed E-state index contributed by atoms with van der Waals surface area (Å²) < 4.78 is 4.70. The molecule has 0 saturated carbocycles. The zero-order valence-electron chi connectivity index (χ0n) is 15.7. The molecule has 142 valence electrons. The summed E-state index contributed by atoms with van der Waals surface area (Å²) in [6.45, 7) is 3.32. The molecule has 2 heterocycles. The molecule has 1 aromatic carbocycles. The zero-order chi connectivity index (χ0) is 19.2. The monoisotopic (exact) mass is 368 g/mol. The van der Waals surface area contributed by atoms with Crippen LogP contribution in [0.2, 0.25) is 0 Å². The fraction of sp³-hybridized carbons (Fsp3) is 0.400. The van der Waals surface area contributed by atoms with Gasteiger partial charge in [-0.25, -0.2) is 14.8 Å². The van der Waals surface area contributed by atoms with Crippen molar-refractivity contribution in [2.24, 2.45) is 0 Å². The fourth-order valence-electron chi connectivity index (χ4n) is 3.13. The third-order valence-electron chi connectivity index (χ3n) is 4.53. The number of ether oxygens (including phenoxy) is 1. The van der Waals surface area contributed by atoms with Gasteiger partial charge in [-0.05, 0) is 44.0 Å². The lowest BCUT2D eigenvalue weighted by atomic mass is 10.2. The van der Waals surface area contributed by atoms with Crippen LogP contribution in [0.25, 0.3) is 0 Å². The molecule has 1 aromatic heterocycles. The predicted molar refractivity (Wildman–Crippen MR) is 102 cm³/mol. The number of esters is 1. The molecule has 1 N–H and O–H groups in total. The average molecular weight is 368 g/mol. The van der Waals surface area contributed by atoms with Gasteiger partial charge in [0.1, 0.15) is 17.3 Å². The predicted octanol–water partition coefficient (Wildman–Crippen LogP) is 3.33. The Hall–Kier alpha value is -2.96. The van der Waals surface area contributed by atoms with Gasteiger partial charge in [-0.15, -0.1) is 0 Å². The number of anilines is 2. The number of methoxy groups -OCH3 is 1. The quantitative estimate of drug-likeness (QED) is 0.834. The SMILES string of the molecule is COC(=O)c1ccc(Nc2cc(C(=O)N3CCCCCC3)nc(C)n2)cc1. The van der Waals surface area contributed by atoms with Crippen molar-refractivity contribution in [1.82, 2.24) is 14.9 Å². The van der Waals surface area contributed by atoms with Crippen molar-refractivity contribution in [1.29, 1.82) is 0 Å². The van der Waals surface area contributed by atoms with Gasteiger partial charge in [0.2, 0.25) is 0 Å². The van der Waals surface area contributed by atoms with E-state index in [1.807, 2.05) is 4.90 Å². The second-order valence-corrected chi connectivity index (χ2v) is 6.59. The van der Waals surface area contributed by atoms with Crippen LogP contribution < -0.4 is 5.32 Å². The van der Waals surface area contributed by atoms with E-state index in [-0.39, 0.29) is 11.9 Å². The molecule has 7 heteroatoms. The summed E-state index contributed by atoms with van der Waals surface area (Å²) in [6.07, 6.45) is 4.41. The summed E-state index contributed by atoms with van der Waals surface area (Å²) in [5.41, 5.74) is 1.63. The number of carbonyl (C=O) groups is 2. The zero-order valence-corrected chi connectivity index (χ0v) is 15.7. The number of aryl methyl sites for hydroxylation is 1. The van der Waals surface area contributed by atoms with Gasteiger partial charge in [0.05, 0.1) is 12.7 Å². The molecular formula is C20H24N4O3. The van der Waals surface area contributed by atoms with Crippen molar-refractivity contribution in [3.8, 4) is 0 Å². The minimum Gasteiger partial charge on any atom is -0.465 e. The third kappa shape index (κ3) is 4.81. The maximum Gasteiger partial charge on any atom is 0.337 e. The Balaban J connectivity index is 1.76. The number of amides is 1. The normalized spacial score (nSPS) is 14.4. The Morgan fingerprint density at radius 2 is 1.70 bits per heavy atom. The van der Waals surface area contributed by atoms with E-state index >= 15 is 0 Å². The molecule has 2 aromatic rings. The molecule has 0 atom stereocenters. The molecule has 1 amide bonds. The van der Waals surface area contributed by atoms with Crippen molar-refractivity contribution in [3.63, 3.8) is 0 Å². The number of hydrogen-bond acceptors (Lipinski definition) is 6. The molecule has 3 rings (SSSR count). The minimum absolute atomic E-state index is 0.0495. The molecule has 27 heavy (non-hydrogen) atoms. The standard InChI is InChI=1S/C20H24N4O3/c1-14-21-17(19(25)24-11-5-3-4-6-12-24)13-18(22-14)23-16-9-7-15(8-10-16)20(26)27-2/h7-10,13H,3-6,11-12H2,1-2H3,(H,21,22,23). The van der Waals surface area contributed by atoms with Gasteiger partial charge >= 0.3 is 5.97 Å². The number of hydrogen-bond donors (Lipinski definition) is 1. The van der Waals surface area contributed by atoms with Crippen molar-refractivity contribution < 1.29 is 14.3 Å². The summed E-state index contributed by atoms with van der Waals surface area (Å²) in [5, 5.41) is 3.17. The molecule has 0 radical (unpaired) electrons. The maximum absolute atomic E-state index is 12.8. The van der Waals surface area contributed by atoms with Crippen LogP contribution in [0, 0.1) is 6.92 Å². The topological polar surface area (TPSA) is 84.4 Å². The van der Waals surface area contributed by atoms with Crippen LogP contribution >= 0.6 is 0 Å². The van der Waals surface area contributed by atoms with Gasteiger partial charge in [0, 0.05) is 24.8 Å². The molecule has 1 saturated heterocycles. The Kier molecular flexibility index (Phi) is 6.01. The molecule has 1 aliphatic heterocycles. The molecule has 7 nitrogen and oxygen atoms in total. The van der Waals surface area contributed by atoms with Crippen LogP contribution in [0.1, 0.15) is 52.4 Å². The molecule has 0 spiro atoms. The fourth-order valence-corrected chi connectivity index (χ4v) is 3.13. The van der Waals surface area contributed by atoms with Crippen molar-refractivity contribution in [2.45, 2.75) is 32.6 Å². The summed E-state index contributed by atoms with van der Waals surface area (Å²) in [5.74, 6) is 0.645. The van der Waals surface area contributed by atoms with E-state index in [0.29, 0.717) is 22.9 Å². The van der Waals surface area contributed by atoms with E-state index < -0.39 is 0 Å². The van der Waals surface area contributed by atoms with Crippen LogP contribution in [0.3, 0.4) is 0 Å². The summed E-state index contributed by atoms with van der Waals surface area (Å²) in [4.78, 5) is 34.9. The second kappa shape index (κ2) is 8.62. The molecule has 1 aliphatic rings. The second-order valence-electron chi connectivity index (χ2n) is 6.59. The van der Waals surface area contributed by atoms with Gasteiger partial charge in [-0.2, -0.15) is 0 Å². The van der Waals surface area contributed by atoms with Gasteiger partial charge in [-0.1, -0.05) is 12.8 Å². The van der Waals surface area contributed by atoms with E-state index in [2.05, 4.69) is 15.3 Å². The Bertz CT molecular complexity index is 812. The first kappa shape index (κ1) is 18.8. The van der Waals surface area contributed by atoms with Gasteiger partial charge in [0.15, 0.2) is 0 Å². The largest absolute Gasteiger partial charge is 0.465 e. The number of benzene rings is 1. The summed E-state index contributed by atoms with van der Waals surface area (Å²) in [7, 11) is 1.35. The van der Waals surface area contributed by atoms with E-state index in [9.17, 15) is 9.59 Å². The minimum atomic E-state index is -0.384. The number of carbonyl (C=O) groups excluding carboxylic acids is 2. The number of nitrogens with zero attached hydrogens (tertiary/aromatic N) is 3. The number of rotatable bonds is 4. The highest BCUT2D eigenvalue weighted by molar-refractivity contribution is 5.93. The van der Waals surface area contributed by atoms with E-state index in [4.69, 9.17) is 4.74 Å². The molecular weight excluding hydrogens is 344 g/mol. The first-order chi connectivity index (χ1) is 13.1. The molecule has 1 fully saturated rings. The Morgan fingerprint density at radius 1 is 1.04 bits per heavy atom. The maximum atomic E-state index is 12.8. The van der Waals surface area contributed by atoms with Gasteiger partial charge in [0.25, 0.3) is 5.91 Å². The molecule has 0 unspecified atom stereocenters. The third-order valence-corrected chi connectivity index (χ3v) is 4.53. The lowest BCUT2D eigenvalue weighted by Gasteiger charge is -2.20. The van der Waals surface area contributed by atoms with E-state index in [0.717, 1.165) is 31.6 Å². The highest BCUT2D eigenvalue weighted by Gasteiger charge is 2.19. The molecule has 0 bridgehead atoms. The van der Waals surface area contributed by atoms with Gasteiger partial charge < -0.3 is 15.0 Å². The van der Waals surface area contributed by atoms with Crippen LogP contribution in [0.4, 0.5) is 11.5 Å². The van der Waals surface area contributed by atoms with Crippen LogP contribution in [0.5, 0.6) is 0 Å². The molecule has 0 aliphatic carbocycles. The van der Waals surface area contributed by atoms with Crippen LogP contribution in [-0.4, -0.2) is 46.9 Å². The number of nitrogens with one attached hydrogen (secondary N) is 1. The highest BCUT2D eigenvalue weighted by Crippen LogP contribution is 2.18. The first-order valence-corrected chi connectivity index (χ1v) is 9.17. The van der Waals surface area contributed by atoms with Crippen molar-refractivity contribution in [2.75, 3.05) is 25.5 Å². The first-order valence-electron chi connectivity index (χ1n) is 9.17. The highest BCUT2D eigenvalue weighted by atomic mass is 16.5. The Labute approximate surface area is 158 Å². The number of likely N-dealkylation sites (tertiary alicyclic amines) is 1. The van der Waals surface area contributed by atoms with E-state index in [1.165, 1.54) is 20.0 Å². The van der Waals surface area contributed by atoms with Crippen molar-refractivity contribution in [3.05, 3.63) is 47.4 Å². The number of aromatic nitrogens is 2. The summed E-state index contributed by atoms with van der Waals surface area (Å²) in [6, 6.07) is 8.55. The van der Waals surface area contributed by atoms with Gasteiger partial charge in [-0.3, -0.25) is 4.79 Å². The van der Waals surface area contributed by atoms with E-state index in [1.54, 1.807) is 37.3 Å². The average Bonchev–Trinajstić information content (AvgIpc) is 2.96. The van der Waals surface area contributed by atoms with Crippen LogP contribution in [0.15, 0.2) is 30.3 Å². The Morgan fingerprint density at radius 3 is 2.33 bits per heavy atom. The van der Waals surface area contributed by atoms with Crippen LogP contribution in [-0.2, 0) is 4.74 Å². The smallest absolute Gasteiger partial charge is 0.337 e. The lowest BCUT2D eigenvalue weighted by Crippen LogP contribution is -2.32. The lowest BCUT2D eigenvalue weighted by molar-refractivity contribution is 0.0600. The van der Waals surface area contributed by atoms with Crippen molar-refractivity contribution >= 4 is 23.4 Å². The summed E-state index contributed by atoms with van der Waals surface area (Å²) >= 11 is 0.